The van der Waals surface area contributed by atoms with E-state index in [2.05, 4.69) is 4.90 Å². The Labute approximate surface area is 111 Å². The fourth-order valence-electron chi connectivity index (χ4n) is 2.13. The molecule has 1 atom stereocenters. The first-order valence-electron chi connectivity index (χ1n) is 5.94. The van der Waals surface area contributed by atoms with E-state index in [1.165, 1.54) is 0 Å². The Hall–Kier alpha value is -1.26. The molecule has 1 aromatic carbocycles. The van der Waals surface area contributed by atoms with E-state index in [9.17, 15) is 4.79 Å². The van der Waals surface area contributed by atoms with Crippen molar-refractivity contribution in [2.24, 2.45) is 0 Å². The van der Waals surface area contributed by atoms with Crippen LogP contribution in [0.4, 0.5) is 0 Å². The van der Waals surface area contributed by atoms with Crippen molar-refractivity contribution < 1.29 is 14.6 Å². The molecule has 0 saturated carbocycles. The number of carbonyl (C=O) groups is 1. The highest BCUT2D eigenvalue weighted by Crippen LogP contribution is 2.27. The number of carboxylic acid groups (broad SMARTS) is 1. The lowest BCUT2D eigenvalue weighted by atomic mass is 10.2. The molecule has 4 nitrogen and oxygen atoms in total. The van der Waals surface area contributed by atoms with Gasteiger partial charge in [0.1, 0.15) is 11.9 Å². The van der Waals surface area contributed by atoms with Crippen molar-refractivity contribution in [3.05, 3.63) is 28.8 Å². The molecule has 5 heteroatoms. The molecule has 18 heavy (non-hydrogen) atoms. The summed E-state index contributed by atoms with van der Waals surface area (Å²) in [5.41, 5.74) is 1.01. The van der Waals surface area contributed by atoms with E-state index in [0.29, 0.717) is 18.1 Å². The number of nitrogens with zero attached hydrogens (tertiary/aromatic N) is 1. The largest absolute Gasteiger partial charge is 0.489 e. The maximum Gasteiger partial charge on any atom is 0.304 e. The van der Waals surface area contributed by atoms with Gasteiger partial charge in [0.25, 0.3) is 0 Å². The van der Waals surface area contributed by atoms with E-state index in [0.717, 1.165) is 17.9 Å². The van der Waals surface area contributed by atoms with Crippen LogP contribution in [0.5, 0.6) is 5.75 Å². The first kappa shape index (κ1) is 13.2. The van der Waals surface area contributed by atoms with Crippen molar-refractivity contribution in [3.63, 3.8) is 0 Å². The van der Waals surface area contributed by atoms with Gasteiger partial charge < -0.3 is 9.84 Å². The first-order chi connectivity index (χ1) is 8.54. The lowest BCUT2D eigenvalue weighted by Crippen LogP contribution is -2.32. The second kappa shape index (κ2) is 5.59. The van der Waals surface area contributed by atoms with Gasteiger partial charge in [-0.1, -0.05) is 11.6 Å². The Morgan fingerprint density at radius 2 is 2.39 bits per heavy atom. The van der Waals surface area contributed by atoms with Crippen LogP contribution in [-0.2, 0) is 11.3 Å². The van der Waals surface area contributed by atoms with Gasteiger partial charge in [0.05, 0.1) is 6.42 Å². The van der Waals surface area contributed by atoms with Gasteiger partial charge in [-0.3, -0.25) is 9.69 Å². The van der Waals surface area contributed by atoms with Crippen molar-refractivity contribution in [2.75, 3.05) is 13.1 Å². The number of halogens is 1. The summed E-state index contributed by atoms with van der Waals surface area (Å²) >= 11 is 5.97. The molecule has 1 heterocycles. The zero-order chi connectivity index (χ0) is 13.1. The first-order valence-corrected chi connectivity index (χ1v) is 6.31. The van der Waals surface area contributed by atoms with Crippen LogP contribution in [0.2, 0.25) is 5.02 Å². The third kappa shape index (κ3) is 3.37. The Morgan fingerprint density at radius 3 is 3.11 bits per heavy atom. The lowest BCUT2D eigenvalue weighted by Gasteiger charge is -2.20. The third-order valence-electron chi connectivity index (χ3n) is 2.90. The summed E-state index contributed by atoms with van der Waals surface area (Å²) in [6.45, 7) is 3.90. The van der Waals surface area contributed by atoms with Crippen molar-refractivity contribution in [3.8, 4) is 5.75 Å². The Bertz CT molecular complexity index is 450. The Morgan fingerprint density at radius 1 is 1.61 bits per heavy atom. The third-order valence-corrected chi connectivity index (χ3v) is 3.14. The van der Waals surface area contributed by atoms with Gasteiger partial charge in [-0.25, -0.2) is 0 Å². The number of aliphatic carboxylic acids is 1. The molecule has 2 rings (SSSR count). The molecule has 1 aliphatic heterocycles. The molecule has 1 unspecified atom stereocenters. The molecule has 1 aliphatic rings. The van der Waals surface area contributed by atoms with E-state index in [1.807, 2.05) is 19.1 Å². The minimum atomic E-state index is -0.779. The van der Waals surface area contributed by atoms with Crippen LogP contribution in [0.3, 0.4) is 0 Å². The van der Waals surface area contributed by atoms with E-state index in [1.54, 1.807) is 6.07 Å². The van der Waals surface area contributed by atoms with E-state index >= 15 is 0 Å². The second-order valence-electron chi connectivity index (χ2n) is 4.56. The summed E-state index contributed by atoms with van der Waals surface area (Å²) in [7, 11) is 0. The summed E-state index contributed by atoms with van der Waals surface area (Å²) in [6, 6.07) is 5.55. The number of rotatable bonds is 3. The van der Waals surface area contributed by atoms with Crippen molar-refractivity contribution in [2.45, 2.75) is 26.0 Å². The van der Waals surface area contributed by atoms with Gasteiger partial charge in [-0.2, -0.15) is 0 Å². The smallest absolute Gasteiger partial charge is 0.304 e. The molecule has 0 amide bonds. The molecule has 0 saturated heterocycles. The molecule has 0 aliphatic carbocycles. The van der Waals surface area contributed by atoms with Gasteiger partial charge in [0.2, 0.25) is 0 Å². The minimum Gasteiger partial charge on any atom is -0.489 e. The van der Waals surface area contributed by atoms with Crippen LogP contribution in [0.15, 0.2) is 18.2 Å². The van der Waals surface area contributed by atoms with Crippen LogP contribution in [0, 0.1) is 0 Å². The zero-order valence-corrected chi connectivity index (χ0v) is 11.0. The van der Waals surface area contributed by atoms with E-state index < -0.39 is 5.97 Å². The molecule has 1 aromatic rings. The average Bonchev–Trinajstić information content (AvgIpc) is 2.44. The molecule has 0 aromatic heterocycles. The number of carboxylic acids is 1. The maximum atomic E-state index is 10.6. The minimum absolute atomic E-state index is 0.0428. The predicted octanol–water partition coefficient (Wildman–Crippen LogP) is 2.40. The number of hydrogen-bond acceptors (Lipinski definition) is 3. The molecule has 0 spiro atoms. The predicted molar refractivity (Wildman–Crippen MR) is 69.1 cm³/mol. The summed E-state index contributed by atoms with van der Waals surface area (Å²) in [6.07, 6.45) is 0.184. The van der Waals surface area contributed by atoms with Crippen LogP contribution in [0.25, 0.3) is 0 Å². The molecular weight excluding hydrogens is 254 g/mol. The average molecular weight is 270 g/mol. The highest BCUT2D eigenvalue weighted by Gasteiger charge is 2.20. The molecule has 0 bridgehead atoms. The van der Waals surface area contributed by atoms with Crippen molar-refractivity contribution in [1.82, 2.24) is 4.90 Å². The number of fused-ring (bicyclic) bond motifs is 1. The monoisotopic (exact) mass is 269 g/mol. The van der Waals surface area contributed by atoms with Crippen molar-refractivity contribution >= 4 is 17.6 Å². The standard InChI is InChI=1S/C13H16ClNO3/c1-9-7-15(5-4-13(16)17)8-10-6-11(14)2-3-12(10)18-9/h2-3,6,9H,4-5,7-8H2,1H3,(H,16,17). The molecule has 98 valence electrons. The van der Waals surface area contributed by atoms with Crippen LogP contribution in [-0.4, -0.2) is 35.2 Å². The Kier molecular flexibility index (Phi) is 4.09. The van der Waals surface area contributed by atoms with Gasteiger partial charge >= 0.3 is 5.97 Å². The summed E-state index contributed by atoms with van der Waals surface area (Å²) in [5, 5.41) is 9.41. The fourth-order valence-corrected chi connectivity index (χ4v) is 2.33. The highest BCUT2D eigenvalue weighted by atomic mass is 35.5. The van der Waals surface area contributed by atoms with Gasteiger partial charge in [0.15, 0.2) is 0 Å². The van der Waals surface area contributed by atoms with Gasteiger partial charge in [-0.15, -0.1) is 0 Å². The fraction of sp³-hybridized carbons (Fsp3) is 0.462. The van der Waals surface area contributed by atoms with Gasteiger partial charge in [0, 0.05) is 30.2 Å². The van der Waals surface area contributed by atoms with Crippen LogP contribution < -0.4 is 4.74 Å². The number of ether oxygens (including phenoxy) is 1. The van der Waals surface area contributed by atoms with E-state index in [4.69, 9.17) is 21.4 Å². The zero-order valence-electron chi connectivity index (χ0n) is 10.2. The van der Waals surface area contributed by atoms with E-state index in [-0.39, 0.29) is 12.5 Å². The van der Waals surface area contributed by atoms with Crippen LogP contribution in [0.1, 0.15) is 18.9 Å². The van der Waals surface area contributed by atoms with Crippen molar-refractivity contribution in [1.29, 1.82) is 0 Å². The highest BCUT2D eigenvalue weighted by molar-refractivity contribution is 6.30. The quantitative estimate of drug-likeness (QED) is 0.915. The van der Waals surface area contributed by atoms with Gasteiger partial charge in [-0.05, 0) is 25.1 Å². The van der Waals surface area contributed by atoms with Crippen LogP contribution >= 0.6 is 11.6 Å². The summed E-state index contributed by atoms with van der Waals surface area (Å²) in [5.74, 6) is 0.0591. The normalized spacial score (nSPS) is 19.8. The molecule has 1 N–H and O–H groups in total. The molecule has 0 fully saturated rings. The lowest BCUT2D eigenvalue weighted by molar-refractivity contribution is -0.137. The summed E-state index contributed by atoms with van der Waals surface area (Å²) < 4.78 is 5.80. The number of hydrogen-bond donors (Lipinski definition) is 1. The Balaban J connectivity index is 2.14. The molecule has 0 radical (unpaired) electrons. The topological polar surface area (TPSA) is 49.8 Å². The number of benzene rings is 1. The SMILES string of the molecule is CC1CN(CCC(=O)O)Cc2cc(Cl)ccc2O1. The summed E-state index contributed by atoms with van der Waals surface area (Å²) in [4.78, 5) is 12.7. The second-order valence-corrected chi connectivity index (χ2v) is 5.00. The molecular formula is C13H16ClNO3. The maximum absolute atomic E-state index is 10.6.